The van der Waals surface area contributed by atoms with Crippen LogP contribution in [-0.4, -0.2) is 10.1 Å². The number of thiophene rings is 1. The Hall–Kier alpha value is -1.89. The highest BCUT2D eigenvalue weighted by Crippen LogP contribution is 2.34. The van der Waals surface area contributed by atoms with Gasteiger partial charge >= 0.3 is 5.00 Å². The van der Waals surface area contributed by atoms with Crippen LogP contribution in [0.1, 0.15) is 5.56 Å². The smallest absolute Gasteiger partial charge is 0.324 e. The molecule has 2 rings (SSSR count). The first-order valence-corrected chi connectivity index (χ1v) is 4.87. The molecule has 0 aliphatic rings. The number of anilines is 1. The van der Waals surface area contributed by atoms with E-state index in [1.807, 2.05) is 0 Å². The van der Waals surface area contributed by atoms with E-state index in [4.69, 9.17) is 10.3 Å². The normalized spacial score (nSPS) is 10.5. The standard InChI is InChI=1S/C8H7N3O3S/c1-4-7(10-14-8(4)9)5-2-3-6(15-5)11(12)13/h2-3H,9H2,1H3. The molecule has 0 aliphatic heterocycles. The average molecular weight is 225 g/mol. The molecule has 0 saturated carbocycles. The van der Waals surface area contributed by atoms with Gasteiger partial charge in [0.15, 0.2) is 0 Å². The van der Waals surface area contributed by atoms with Crippen molar-refractivity contribution in [2.45, 2.75) is 6.92 Å². The maximum Gasteiger partial charge on any atom is 0.324 e. The van der Waals surface area contributed by atoms with Gasteiger partial charge in [0.2, 0.25) is 5.88 Å². The molecule has 15 heavy (non-hydrogen) atoms. The van der Waals surface area contributed by atoms with E-state index in [9.17, 15) is 10.1 Å². The SMILES string of the molecule is Cc1c(-c2ccc([N+](=O)[O-])s2)noc1N. The summed E-state index contributed by atoms with van der Waals surface area (Å²) < 4.78 is 4.78. The van der Waals surface area contributed by atoms with E-state index in [2.05, 4.69) is 5.16 Å². The maximum atomic E-state index is 10.5. The van der Waals surface area contributed by atoms with Gasteiger partial charge in [-0.2, -0.15) is 0 Å². The van der Waals surface area contributed by atoms with Crippen LogP contribution in [0.15, 0.2) is 16.7 Å². The van der Waals surface area contributed by atoms with Crippen molar-refractivity contribution in [3.63, 3.8) is 0 Å². The highest BCUT2D eigenvalue weighted by molar-refractivity contribution is 7.18. The minimum absolute atomic E-state index is 0.0750. The highest BCUT2D eigenvalue weighted by atomic mass is 32.1. The Bertz CT molecular complexity index is 517. The molecule has 0 spiro atoms. The number of rotatable bonds is 2. The first-order chi connectivity index (χ1) is 7.09. The highest BCUT2D eigenvalue weighted by Gasteiger charge is 2.16. The Morgan fingerprint density at radius 2 is 2.33 bits per heavy atom. The molecule has 0 radical (unpaired) electrons. The second-order valence-electron chi connectivity index (χ2n) is 2.92. The third-order valence-electron chi connectivity index (χ3n) is 1.97. The molecule has 78 valence electrons. The molecule has 0 unspecified atom stereocenters. The monoisotopic (exact) mass is 225 g/mol. The van der Waals surface area contributed by atoms with Crippen LogP contribution in [0.25, 0.3) is 10.6 Å². The van der Waals surface area contributed by atoms with Crippen LogP contribution in [0.4, 0.5) is 10.9 Å². The number of hydrogen-bond donors (Lipinski definition) is 1. The first kappa shape index (κ1) is 9.66. The summed E-state index contributed by atoms with van der Waals surface area (Å²) in [7, 11) is 0. The van der Waals surface area contributed by atoms with E-state index in [-0.39, 0.29) is 10.9 Å². The third-order valence-corrected chi connectivity index (χ3v) is 3.01. The molecule has 0 amide bonds. The van der Waals surface area contributed by atoms with Crippen molar-refractivity contribution in [1.29, 1.82) is 0 Å². The van der Waals surface area contributed by atoms with Crippen molar-refractivity contribution in [2.75, 3.05) is 5.73 Å². The molecular weight excluding hydrogens is 218 g/mol. The van der Waals surface area contributed by atoms with Gasteiger partial charge in [0, 0.05) is 11.6 Å². The van der Waals surface area contributed by atoms with E-state index >= 15 is 0 Å². The fourth-order valence-corrected chi connectivity index (χ4v) is 1.99. The maximum absolute atomic E-state index is 10.5. The zero-order chi connectivity index (χ0) is 11.0. The Kier molecular flexibility index (Phi) is 2.16. The van der Waals surface area contributed by atoms with E-state index in [0.29, 0.717) is 16.1 Å². The van der Waals surface area contributed by atoms with Gasteiger partial charge in [0.1, 0.15) is 5.69 Å². The molecule has 2 aromatic heterocycles. The minimum atomic E-state index is -0.438. The summed E-state index contributed by atoms with van der Waals surface area (Å²) in [6.45, 7) is 1.76. The molecule has 0 saturated heterocycles. The van der Waals surface area contributed by atoms with Crippen LogP contribution in [0.5, 0.6) is 0 Å². The van der Waals surface area contributed by atoms with Crippen molar-refractivity contribution < 1.29 is 9.45 Å². The van der Waals surface area contributed by atoms with Gasteiger partial charge < -0.3 is 10.3 Å². The molecule has 0 aromatic carbocycles. The Morgan fingerprint density at radius 1 is 1.60 bits per heavy atom. The van der Waals surface area contributed by atoms with E-state index in [1.165, 1.54) is 6.07 Å². The molecule has 0 atom stereocenters. The van der Waals surface area contributed by atoms with E-state index in [1.54, 1.807) is 13.0 Å². The van der Waals surface area contributed by atoms with Crippen LogP contribution < -0.4 is 5.73 Å². The van der Waals surface area contributed by atoms with E-state index in [0.717, 1.165) is 11.3 Å². The lowest BCUT2D eigenvalue weighted by molar-refractivity contribution is -0.380. The van der Waals surface area contributed by atoms with Gasteiger partial charge in [-0.05, 0) is 13.0 Å². The van der Waals surface area contributed by atoms with Crippen LogP contribution in [0.2, 0.25) is 0 Å². The first-order valence-electron chi connectivity index (χ1n) is 4.06. The summed E-state index contributed by atoms with van der Waals surface area (Å²) in [5.41, 5.74) is 6.75. The van der Waals surface area contributed by atoms with E-state index < -0.39 is 4.92 Å². The molecule has 0 bridgehead atoms. The number of aromatic nitrogens is 1. The summed E-state index contributed by atoms with van der Waals surface area (Å²) in [6.07, 6.45) is 0. The number of nitrogens with two attached hydrogens (primary N) is 1. The Morgan fingerprint density at radius 3 is 2.80 bits per heavy atom. The topological polar surface area (TPSA) is 95.2 Å². The van der Waals surface area contributed by atoms with Gasteiger partial charge in [-0.25, -0.2) is 0 Å². The van der Waals surface area contributed by atoms with Crippen molar-refractivity contribution >= 4 is 22.2 Å². The third kappa shape index (κ3) is 1.57. The number of hydrogen-bond acceptors (Lipinski definition) is 6. The van der Waals surface area contributed by atoms with Crippen molar-refractivity contribution in [2.24, 2.45) is 0 Å². The number of nitrogens with zero attached hydrogens (tertiary/aromatic N) is 2. The van der Waals surface area contributed by atoms with Crippen LogP contribution in [0, 0.1) is 17.0 Å². The largest absolute Gasteiger partial charge is 0.367 e. The lowest BCUT2D eigenvalue weighted by Crippen LogP contribution is -1.83. The van der Waals surface area contributed by atoms with Crippen LogP contribution >= 0.6 is 11.3 Å². The molecule has 2 heterocycles. The summed E-state index contributed by atoms with van der Waals surface area (Å²) in [5.74, 6) is 0.237. The predicted octanol–water partition coefficient (Wildman–Crippen LogP) is 2.20. The predicted molar refractivity (Wildman–Crippen MR) is 55.6 cm³/mol. The molecule has 2 aromatic rings. The van der Waals surface area contributed by atoms with Gasteiger partial charge in [0.25, 0.3) is 0 Å². The number of nitrogen functional groups attached to an aromatic ring is 1. The zero-order valence-electron chi connectivity index (χ0n) is 7.76. The summed E-state index contributed by atoms with van der Waals surface area (Å²) in [6, 6.07) is 3.07. The van der Waals surface area contributed by atoms with Crippen molar-refractivity contribution in [1.82, 2.24) is 5.16 Å². The van der Waals surface area contributed by atoms with Gasteiger partial charge in [0.05, 0.1) is 9.80 Å². The minimum Gasteiger partial charge on any atom is -0.367 e. The van der Waals surface area contributed by atoms with Gasteiger partial charge in [-0.15, -0.1) is 0 Å². The summed E-state index contributed by atoms with van der Waals surface area (Å²) >= 11 is 1.04. The average Bonchev–Trinajstić information content (AvgIpc) is 2.76. The van der Waals surface area contributed by atoms with Gasteiger partial charge in [-0.3, -0.25) is 10.1 Å². The molecule has 6 nitrogen and oxygen atoms in total. The Balaban J connectivity index is 2.46. The fraction of sp³-hybridized carbons (Fsp3) is 0.125. The molecule has 7 heteroatoms. The quantitative estimate of drug-likeness (QED) is 0.624. The molecular formula is C8H7N3O3S. The zero-order valence-corrected chi connectivity index (χ0v) is 8.58. The van der Waals surface area contributed by atoms with Crippen LogP contribution in [0.3, 0.4) is 0 Å². The lowest BCUT2D eigenvalue weighted by Gasteiger charge is -1.89. The fourth-order valence-electron chi connectivity index (χ4n) is 1.13. The lowest BCUT2D eigenvalue weighted by atomic mass is 10.2. The molecule has 0 aliphatic carbocycles. The van der Waals surface area contributed by atoms with Crippen molar-refractivity contribution in [3.05, 3.63) is 27.8 Å². The Labute approximate surface area is 88.5 Å². The summed E-state index contributed by atoms with van der Waals surface area (Å²) in [4.78, 5) is 10.7. The van der Waals surface area contributed by atoms with Crippen molar-refractivity contribution in [3.8, 4) is 10.6 Å². The second-order valence-corrected chi connectivity index (χ2v) is 3.98. The second kappa shape index (κ2) is 3.35. The number of nitro groups is 1. The van der Waals surface area contributed by atoms with Gasteiger partial charge in [-0.1, -0.05) is 16.5 Å². The summed E-state index contributed by atoms with van der Waals surface area (Å²) in [5, 5.41) is 14.3. The molecule has 0 fully saturated rings. The van der Waals surface area contributed by atoms with Crippen LogP contribution in [-0.2, 0) is 0 Å². The molecule has 2 N–H and O–H groups in total.